The maximum Gasteiger partial charge on any atom is 0.0992 e. The zero-order valence-corrected chi connectivity index (χ0v) is 12.0. The van der Waals surface area contributed by atoms with Crippen LogP contribution < -0.4 is 4.90 Å². The van der Waals surface area contributed by atoms with Gasteiger partial charge in [0.1, 0.15) is 0 Å². The Bertz CT molecular complexity index is 656. The highest BCUT2D eigenvalue weighted by Gasteiger charge is 2.15. The molecule has 3 heteroatoms. The van der Waals surface area contributed by atoms with Crippen molar-refractivity contribution in [1.29, 1.82) is 5.26 Å². The molecule has 1 atom stereocenters. The summed E-state index contributed by atoms with van der Waals surface area (Å²) in [6.07, 6.45) is -0.579. The highest BCUT2D eigenvalue weighted by Crippen LogP contribution is 2.33. The largest absolute Gasteiger partial charge is 0.389 e. The first-order chi connectivity index (χ1) is 9.54. The predicted octanol–water partition coefficient (Wildman–Crippen LogP) is 3.69. The van der Waals surface area contributed by atoms with Crippen molar-refractivity contribution in [3.8, 4) is 6.07 Å². The second-order valence-electron chi connectivity index (χ2n) is 4.91. The Hall–Kier alpha value is -2.31. The minimum atomic E-state index is -0.579. The van der Waals surface area contributed by atoms with E-state index in [1.165, 1.54) is 0 Å². The Morgan fingerprint density at radius 1 is 1.15 bits per heavy atom. The number of rotatable bonds is 3. The van der Waals surface area contributed by atoms with Gasteiger partial charge in [-0.25, -0.2) is 0 Å². The zero-order valence-electron chi connectivity index (χ0n) is 12.0. The number of anilines is 2. The van der Waals surface area contributed by atoms with Crippen LogP contribution in [0.2, 0.25) is 0 Å². The summed E-state index contributed by atoms with van der Waals surface area (Å²) in [4.78, 5) is 2.01. The van der Waals surface area contributed by atoms with Gasteiger partial charge in [-0.05, 0) is 37.6 Å². The number of aliphatic hydroxyl groups excluding tert-OH is 1. The van der Waals surface area contributed by atoms with Crippen LogP contribution in [0, 0.1) is 18.3 Å². The molecule has 2 aromatic rings. The second kappa shape index (κ2) is 5.77. The number of nitrogens with zero attached hydrogens (tertiary/aromatic N) is 2. The van der Waals surface area contributed by atoms with Crippen molar-refractivity contribution >= 4 is 11.4 Å². The molecule has 0 unspecified atom stereocenters. The molecule has 0 radical (unpaired) electrons. The number of aryl methyl sites for hydroxylation is 1. The fourth-order valence-electron chi connectivity index (χ4n) is 2.33. The molecule has 0 aromatic heterocycles. The van der Waals surface area contributed by atoms with Gasteiger partial charge in [-0.3, -0.25) is 0 Å². The maximum atomic E-state index is 9.92. The van der Waals surface area contributed by atoms with Crippen LogP contribution in [0.5, 0.6) is 0 Å². The fourth-order valence-corrected chi connectivity index (χ4v) is 2.33. The second-order valence-corrected chi connectivity index (χ2v) is 4.91. The Balaban J connectivity index is 2.56. The Morgan fingerprint density at radius 2 is 1.85 bits per heavy atom. The molecule has 0 aliphatic rings. The van der Waals surface area contributed by atoms with Crippen LogP contribution in [0.4, 0.5) is 11.4 Å². The summed E-state index contributed by atoms with van der Waals surface area (Å²) >= 11 is 0. The molecule has 0 aliphatic heterocycles. The van der Waals surface area contributed by atoms with Gasteiger partial charge in [0.2, 0.25) is 0 Å². The molecule has 0 saturated heterocycles. The van der Waals surface area contributed by atoms with E-state index in [0.717, 1.165) is 22.5 Å². The summed E-state index contributed by atoms with van der Waals surface area (Å²) in [6.45, 7) is 3.78. The summed E-state index contributed by atoms with van der Waals surface area (Å²) < 4.78 is 0. The molecule has 0 amide bonds. The number of aliphatic hydroxyl groups is 1. The maximum absolute atomic E-state index is 9.92. The Morgan fingerprint density at radius 3 is 2.45 bits per heavy atom. The van der Waals surface area contributed by atoms with Crippen molar-refractivity contribution < 1.29 is 5.11 Å². The van der Waals surface area contributed by atoms with Gasteiger partial charge >= 0.3 is 0 Å². The van der Waals surface area contributed by atoms with Crippen molar-refractivity contribution in [1.82, 2.24) is 0 Å². The third kappa shape index (κ3) is 2.66. The van der Waals surface area contributed by atoms with Crippen molar-refractivity contribution in [2.24, 2.45) is 0 Å². The lowest BCUT2D eigenvalue weighted by molar-refractivity contribution is 0.200. The van der Waals surface area contributed by atoms with Crippen molar-refractivity contribution in [2.45, 2.75) is 20.0 Å². The molecule has 0 bridgehead atoms. The van der Waals surface area contributed by atoms with E-state index in [9.17, 15) is 5.11 Å². The van der Waals surface area contributed by atoms with Gasteiger partial charge in [-0.15, -0.1) is 0 Å². The monoisotopic (exact) mass is 266 g/mol. The molecular formula is C17H18N2O. The number of hydrogen-bond acceptors (Lipinski definition) is 3. The smallest absolute Gasteiger partial charge is 0.0992 e. The van der Waals surface area contributed by atoms with Crippen LogP contribution in [-0.2, 0) is 0 Å². The average Bonchev–Trinajstić information content (AvgIpc) is 2.46. The topological polar surface area (TPSA) is 47.3 Å². The van der Waals surface area contributed by atoms with Gasteiger partial charge in [-0.2, -0.15) is 5.26 Å². The molecule has 3 nitrogen and oxygen atoms in total. The minimum Gasteiger partial charge on any atom is -0.389 e. The standard InChI is InChI=1S/C17H18N2O/c1-12-6-4-5-7-16(12)19(3)17-10-14(11-18)8-9-15(17)13(2)20/h4-10,13,20H,1-3H3/t13-/m0/s1. The molecule has 20 heavy (non-hydrogen) atoms. The van der Waals surface area contributed by atoms with E-state index in [4.69, 9.17) is 5.26 Å². The first-order valence-corrected chi connectivity index (χ1v) is 6.56. The van der Waals surface area contributed by atoms with E-state index in [1.807, 2.05) is 55.3 Å². The van der Waals surface area contributed by atoms with E-state index in [1.54, 1.807) is 13.0 Å². The summed E-state index contributed by atoms with van der Waals surface area (Å²) in [5, 5.41) is 19.0. The van der Waals surface area contributed by atoms with Crippen molar-refractivity contribution in [3.05, 3.63) is 59.2 Å². The molecule has 2 rings (SSSR count). The van der Waals surface area contributed by atoms with Gasteiger partial charge < -0.3 is 10.0 Å². The first-order valence-electron chi connectivity index (χ1n) is 6.56. The molecule has 0 spiro atoms. The molecule has 2 aromatic carbocycles. The van der Waals surface area contributed by atoms with E-state index in [-0.39, 0.29) is 0 Å². The van der Waals surface area contributed by atoms with Crippen molar-refractivity contribution in [3.63, 3.8) is 0 Å². The number of benzene rings is 2. The summed E-state index contributed by atoms with van der Waals surface area (Å²) in [5.41, 5.74) is 4.46. The molecule has 1 N–H and O–H groups in total. The molecule has 0 saturated carbocycles. The Labute approximate surface area is 119 Å². The molecule has 0 fully saturated rings. The number of para-hydroxylation sites is 1. The minimum absolute atomic E-state index is 0.579. The molecule has 0 aliphatic carbocycles. The van der Waals surface area contributed by atoms with Gasteiger partial charge in [-0.1, -0.05) is 24.3 Å². The zero-order chi connectivity index (χ0) is 14.7. The van der Waals surface area contributed by atoms with Crippen LogP contribution in [0.15, 0.2) is 42.5 Å². The van der Waals surface area contributed by atoms with Gasteiger partial charge in [0.15, 0.2) is 0 Å². The molecule has 0 heterocycles. The van der Waals surface area contributed by atoms with Gasteiger partial charge in [0, 0.05) is 24.0 Å². The summed E-state index contributed by atoms with van der Waals surface area (Å²) in [5.74, 6) is 0. The average molecular weight is 266 g/mol. The number of nitriles is 1. The van der Waals surface area contributed by atoms with Gasteiger partial charge in [0.05, 0.1) is 17.7 Å². The lowest BCUT2D eigenvalue weighted by Gasteiger charge is -2.25. The lowest BCUT2D eigenvalue weighted by Crippen LogP contribution is -2.14. The summed E-state index contributed by atoms with van der Waals surface area (Å²) in [7, 11) is 1.95. The molecule has 102 valence electrons. The van der Waals surface area contributed by atoms with Crippen molar-refractivity contribution in [2.75, 3.05) is 11.9 Å². The first kappa shape index (κ1) is 14.1. The predicted molar refractivity (Wildman–Crippen MR) is 81.0 cm³/mol. The fraction of sp³-hybridized carbons (Fsp3) is 0.235. The quantitative estimate of drug-likeness (QED) is 0.921. The summed E-state index contributed by atoms with van der Waals surface area (Å²) in [6, 6.07) is 15.6. The SMILES string of the molecule is Cc1ccccc1N(C)c1cc(C#N)ccc1[C@H](C)O. The Kier molecular flexibility index (Phi) is 4.07. The normalized spacial score (nSPS) is 11.8. The van der Waals surface area contributed by atoms with E-state index in [2.05, 4.69) is 6.07 Å². The van der Waals surface area contributed by atoms with E-state index < -0.39 is 6.10 Å². The van der Waals surface area contributed by atoms with Crippen LogP contribution >= 0.6 is 0 Å². The van der Waals surface area contributed by atoms with Crippen LogP contribution in [-0.4, -0.2) is 12.2 Å². The molecular weight excluding hydrogens is 248 g/mol. The highest BCUT2D eigenvalue weighted by molar-refractivity contribution is 5.70. The third-order valence-electron chi connectivity index (χ3n) is 3.45. The van der Waals surface area contributed by atoms with Crippen LogP contribution in [0.25, 0.3) is 0 Å². The number of hydrogen-bond donors (Lipinski definition) is 1. The van der Waals surface area contributed by atoms with E-state index in [0.29, 0.717) is 5.56 Å². The lowest BCUT2D eigenvalue weighted by atomic mass is 10.0. The third-order valence-corrected chi connectivity index (χ3v) is 3.45. The van der Waals surface area contributed by atoms with Crippen LogP contribution in [0.1, 0.15) is 29.7 Å². The van der Waals surface area contributed by atoms with Crippen LogP contribution in [0.3, 0.4) is 0 Å². The van der Waals surface area contributed by atoms with E-state index >= 15 is 0 Å². The van der Waals surface area contributed by atoms with Gasteiger partial charge in [0.25, 0.3) is 0 Å². The highest BCUT2D eigenvalue weighted by atomic mass is 16.3.